The lowest BCUT2D eigenvalue weighted by Crippen LogP contribution is -2.31. The van der Waals surface area contributed by atoms with E-state index in [4.69, 9.17) is 11.2 Å². The molecule has 1 N–H and O–H groups in total. The monoisotopic (exact) mass is 243 g/mol. The van der Waals surface area contributed by atoms with Crippen molar-refractivity contribution in [3.63, 3.8) is 0 Å². The van der Waals surface area contributed by atoms with Crippen molar-refractivity contribution in [1.82, 2.24) is 5.32 Å². The minimum atomic E-state index is -0.210. The molecule has 94 valence electrons. The largest absolute Gasteiger partial charge is 0.497 e. The van der Waals surface area contributed by atoms with Crippen LogP contribution in [0.15, 0.2) is 30.3 Å². The fraction of sp³-hybridized carbons (Fsp3) is 0.267. The van der Waals surface area contributed by atoms with E-state index in [1.54, 1.807) is 13.2 Å². The van der Waals surface area contributed by atoms with E-state index in [1.807, 2.05) is 31.2 Å². The number of hydrogen-bond acceptors (Lipinski definition) is 2. The number of carbonyl (C=O) groups is 1. The van der Waals surface area contributed by atoms with E-state index in [1.165, 1.54) is 6.08 Å². The maximum Gasteiger partial charge on any atom is 0.244 e. The molecule has 0 spiro atoms. The van der Waals surface area contributed by atoms with Crippen molar-refractivity contribution in [2.75, 3.05) is 7.11 Å². The van der Waals surface area contributed by atoms with Crippen LogP contribution in [-0.2, 0) is 4.79 Å². The van der Waals surface area contributed by atoms with E-state index >= 15 is 0 Å². The molecule has 1 rings (SSSR count). The predicted octanol–water partition coefficient (Wildman–Crippen LogP) is 2.24. The molecule has 3 heteroatoms. The molecular formula is C15H17NO2. The molecule has 18 heavy (non-hydrogen) atoms. The number of terminal acetylenes is 1. The van der Waals surface area contributed by atoms with Crippen LogP contribution in [0.4, 0.5) is 0 Å². The Balaban J connectivity index is 2.58. The Kier molecular flexibility index (Phi) is 5.53. The number of methoxy groups -OCH3 is 1. The summed E-state index contributed by atoms with van der Waals surface area (Å²) in [5.41, 5.74) is 0.930. The third-order valence-corrected chi connectivity index (χ3v) is 2.47. The van der Waals surface area contributed by atoms with Crippen molar-refractivity contribution in [2.45, 2.75) is 19.4 Å². The number of benzene rings is 1. The molecule has 0 aliphatic rings. The minimum Gasteiger partial charge on any atom is -0.497 e. The zero-order valence-corrected chi connectivity index (χ0v) is 10.6. The highest BCUT2D eigenvalue weighted by molar-refractivity contribution is 5.92. The summed E-state index contributed by atoms with van der Waals surface area (Å²) in [5, 5.41) is 2.72. The highest BCUT2D eigenvalue weighted by atomic mass is 16.5. The molecule has 0 aliphatic carbocycles. The second kappa shape index (κ2) is 7.18. The quantitative estimate of drug-likeness (QED) is 0.636. The Hall–Kier alpha value is -2.21. The third kappa shape index (κ3) is 4.34. The first kappa shape index (κ1) is 13.9. The van der Waals surface area contributed by atoms with Crippen LogP contribution >= 0.6 is 0 Å². The number of rotatable bonds is 5. The number of nitrogens with one attached hydrogen (secondary N) is 1. The number of ether oxygens (including phenoxy) is 1. The summed E-state index contributed by atoms with van der Waals surface area (Å²) in [5.74, 6) is 3.12. The van der Waals surface area contributed by atoms with E-state index in [0.717, 1.165) is 17.7 Å². The van der Waals surface area contributed by atoms with Crippen LogP contribution < -0.4 is 10.1 Å². The second-order valence-electron chi connectivity index (χ2n) is 3.74. The van der Waals surface area contributed by atoms with E-state index in [-0.39, 0.29) is 11.9 Å². The normalized spacial score (nSPS) is 11.8. The first-order valence-electron chi connectivity index (χ1n) is 5.78. The van der Waals surface area contributed by atoms with Crippen LogP contribution in [0.1, 0.15) is 18.9 Å². The van der Waals surface area contributed by atoms with E-state index in [2.05, 4.69) is 11.2 Å². The minimum absolute atomic E-state index is 0.185. The van der Waals surface area contributed by atoms with Gasteiger partial charge in [0.1, 0.15) is 5.75 Å². The average Bonchev–Trinajstić information content (AvgIpc) is 2.43. The van der Waals surface area contributed by atoms with Gasteiger partial charge in [0.15, 0.2) is 0 Å². The van der Waals surface area contributed by atoms with Gasteiger partial charge in [-0.05, 0) is 30.2 Å². The molecular weight excluding hydrogens is 226 g/mol. The van der Waals surface area contributed by atoms with Crippen LogP contribution in [0.5, 0.6) is 5.75 Å². The summed E-state index contributed by atoms with van der Waals surface area (Å²) >= 11 is 0. The van der Waals surface area contributed by atoms with Crippen LogP contribution in [0, 0.1) is 12.3 Å². The van der Waals surface area contributed by atoms with Crippen LogP contribution in [0.3, 0.4) is 0 Å². The Labute approximate surface area is 108 Å². The molecule has 0 saturated carbocycles. The second-order valence-corrected chi connectivity index (χ2v) is 3.74. The van der Waals surface area contributed by atoms with E-state index in [0.29, 0.717) is 0 Å². The van der Waals surface area contributed by atoms with Gasteiger partial charge in [0.05, 0.1) is 13.2 Å². The van der Waals surface area contributed by atoms with Crippen LogP contribution in [0.25, 0.3) is 6.08 Å². The van der Waals surface area contributed by atoms with Crippen molar-refractivity contribution < 1.29 is 9.53 Å². The zero-order valence-electron chi connectivity index (χ0n) is 10.6. The van der Waals surface area contributed by atoms with E-state index in [9.17, 15) is 4.79 Å². The van der Waals surface area contributed by atoms with Crippen molar-refractivity contribution >= 4 is 12.0 Å². The molecule has 0 heterocycles. The highest BCUT2D eigenvalue weighted by Crippen LogP contribution is 2.12. The fourth-order valence-corrected chi connectivity index (χ4v) is 1.37. The lowest BCUT2D eigenvalue weighted by molar-refractivity contribution is -0.116. The molecule has 0 aliphatic heterocycles. The van der Waals surface area contributed by atoms with Gasteiger partial charge in [-0.2, -0.15) is 0 Å². The Morgan fingerprint density at radius 3 is 2.67 bits per heavy atom. The summed E-state index contributed by atoms with van der Waals surface area (Å²) in [7, 11) is 1.61. The van der Waals surface area contributed by atoms with Gasteiger partial charge < -0.3 is 10.1 Å². The topological polar surface area (TPSA) is 38.3 Å². The average molecular weight is 243 g/mol. The van der Waals surface area contributed by atoms with Gasteiger partial charge in [-0.15, -0.1) is 6.42 Å². The first-order valence-corrected chi connectivity index (χ1v) is 5.78. The maximum absolute atomic E-state index is 11.5. The molecule has 0 radical (unpaired) electrons. The van der Waals surface area contributed by atoms with Crippen molar-refractivity contribution in [1.29, 1.82) is 0 Å². The predicted molar refractivity (Wildman–Crippen MR) is 73.1 cm³/mol. The summed E-state index contributed by atoms with van der Waals surface area (Å²) in [6.45, 7) is 1.93. The van der Waals surface area contributed by atoms with Gasteiger partial charge in [0.2, 0.25) is 5.91 Å². The van der Waals surface area contributed by atoms with Crippen LogP contribution in [0.2, 0.25) is 0 Å². The van der Waals surface area contributed by atoms with Crippen molar-refractivity contribution in [3.05, 3.63) is 35.9 Å². The third-order valence-electron chi connectivity index (χ3n) is 2.47. The first-order chi connectivity index (χ1) is 8.69. The molecule has 0 aromatic heterocycles. The zero-order chi connectivity index (χ0) is 13.4. The molecule has 1 aromatic rings. The van der Waals surface area contributed by atoms with Gasteiger partial charge in [-0.3, -0.25) is 4.79 Å². The molecule has 1 atom stereocenters. The molecule has 0 saturated heterocycles. The summed E-state index contributed by atoms with van der Waals surface area (Å²) in [4.78, 5) is 11.5. The van der Waals surface area contributed by atoms with Crippen molar-refractivity contribution in [3.8, 4) is 18.1 Å². The van der Waals surface area contributed by atoms with E-state index < -0.39 is 0 Å². The lowest BCUT2D eigenvalue weighted by atomic mass is 10.2. The smallest absolute Gasteiger partial charge is 0.244 e. The number of amides is 1. The summed E-state index contributed by atoms with van der Waals surface area (Å²) in [6.07, 6.45) is 9.20. The SMILES string of the molecule is C#CC(CC)NC(=O)/C=C/c1ccc(OC)cc1. The maximum atomic E-state index is 11.5. The molecule has 0 bridgehead atoms. The van der Waals surface area contributed by atoms with Gasteiger partial charge >= 0.3 is 0 Å². The Morgan fingerprint density at radius 2 is 2.17 bits per heavy atom. The summed E-state index contributed by atoms with van der Waals surface area (Å²) < 4.78 is 5.05. The van der Waals surface area contributed by atoms with Gasteiger partial charge in [-0.1, -0.05) is 25.0 Å². The number of carbonyl (C=O) groups excluding carboxylic acids is 1. The van der Waals surface area contributed by atoms with Gasteiger partial charge in [-0.25, -0.2) is 0 Å². The molecule has 0 fully saturated rings. The molecule has 3 nitrogen and oxygen atoms in total. The number of hydrogen-bond donors (Lipinski definition) is 1. The standard InChI is InChI=1S/C15H17NO2/c1-4-13(5-2)16-15(17)11-8-12-6-9-14(18-3)10-7-12/h1,6-11,13H,5H2,2-3H3,(H,16,17)/b11-8+. The van der Waals surface area contributed by atoms with Gasteiger partial charge in [0.25, 0.3) is 0 Å². The Morgan fingerprint density at radius 1 is 1.50 bits per heavy atom. The van der Waals surface area contributed by atoms with Crippen molar-refractivity contribution in [2.24, 2.45) is 0 Å². The summed E-state index contributed by atoms with van der Waals surface area (Å²) in [6, 6.07) is 7.22. The van der Waals surface area contributed by atoms with Crippen LogP contribution in [-0.4, -0.2) is 19.1 Å². The molecule has 1 unspecified atom stereocenters. The molecule has 1 amide bonds. The highest BCUT2D eigenvalue weighted by Gasteiger charge is 2.03. The van der Waals surface area contributed by atoms with Gasteiger partial charge in [0, 0.05) is 6.08 Å². The molecule has 1 aromatic carbocycles. The Bertz CT molecular complexity index is 454. The lowest BCUT2D eigenvalue weighted by Gasteiger charge is -2.07. The fourth-order valence-electron chi connectivity index (χ4n) is 1.37.